The van der Waals surface area contributed by atoms with E-state index in [0.717, 1.165) is 12.3 Å². The van der Waals surface area contributed by atoms with E-state index in [1.54, 1.807) is 12.1 Å². The number of halogens is 2. The molecule has 1 amide bonds. The maximum absolute atomic E-state index is 13.3. The van der Waals surface area contributed by atoms with Crippen LogP contribution >= 0.6 is 0 Å². The van der Waals surface area contributed by atoms with Crippen molar-refractivity contribution in [3.63, 3.8) is 0 Å². The van der Waals surface area contributed by atoms with E-state index in [1.165, 1.54) is 24.5 Å². The summed E-state index contributed by atoms with van der Waals surface area (Å²) in [4.78, 5) is 15.3. The van der Waals surface area contributed by atoms with Gasteiger partial charge in [0.15, 0.2) is 11.6 Å². The van der Waals surface area contributed by atoms with E-state index in [9.17, 15) is 13.6 Å². The summed E-state index contributed by atoms with van der Waals surface area (Å²) in [5.41, 5.74) is 2.46. The van der Waals surface area contributed by atoms with Crippen LogP contribution in [0.3, 0.4) is 0 Å². The van der Waals surface area contributed by atoms with Gasteiger partial charge in [-0.3, -0.25) is 9.78 Å². The summed E-state index contributed by atoms with van der Waals surface area (Å²) < 4.78 is 26.2. The Hall–Kier alpha value is -2.63. The van der Waals surface area contributed by atoms with Gasteiger partial charge >= 0.3 is 0 Å². The Labute approximate surface area is 107 Å². The normalized spacial score (nSPS) is 10.6. The van der Waals surface area contributed by atoms with Gasteiger partial charge in [-0.05, 0) is 18.2 Å². The SMILES string of the molecule is O=C(N/N=C\c1cccc(F)c1F)c1cccnc1. The van der Waals surface area contributed by atoms with Gasteiger partial charge in [-0.25, -0.2) is 14.2 Å². The van der Waals surface area contributed by atoms with E-state index in [-0.39, 0.29) is 5.56 Å². The summed E-state index contributed by atoms with van der Waals surface area (Å²) in [5.74, 6) is -2.47. The molecule has 0 bridgehead atoms. The second-order valence-corrected chi connectivity index (χ2v) is 3.58. The molecule has 1 aromatic carbocycles. The van der Waals surface area contributed by atoms with Crippen LogP contribution in [0.15, 0.2) is 47.8 Å². The lowest BCUT2D eigenvalue weighted by Crippen LogP contribution is -2.17. The lowest BCUT2D eigenvalue weighted by Gasteiger charge is -1.99. The van der Waals surface area contributed by atoms with Crippen LogP contribution < -0.4 is 5.43 Å². The molecule has 0 saturated carbocycles. The van der Waals surface area contributed by atoms with Crippen LogP contribution in [0.5, 0.6) is 0 Å². The highest BCUT2D eigenvalue weighted by Gasteiger charge is 2.06. The highest BCUT2D eigenvalue weighted by molar-refractivity contribution is 5.94. The van der Waals surface area contributed by atoms with Crippen molar-refractivity contribution < 1.29 is 13.6 Å². The summed E-state index contributed by atoms with van der Waals surface area (Å²) >= 11 is 0. The second kappa shape index (κ2) is 5.81. The van der Waals surface area contributed by atoms with Gasteiger partial charge in [0.2, 0.25) is 0 Å². The van der Waals surface area contributed by atoms with E-state index in [4.69, 9.17) is 0 Å². The number of hydrogen-bond acceptors (Lipinski definition) is 3. The number of hydrazone groups is 1. The van der Waals surface area contributed by atoms with Crippen LogP contribution in [0.2, 0.25) is 0 Å². The Balaban J connectivity index is 2.05. The number of amides is 1. The molecule has 1 aromatic heterocycles. The number of rotatable bonds is 3. The number of carbonyl (C=O) groups is 1. The molecular formula is C13H9F2N3O. The summed E-state index contributed by atoms with van der Waals surface area (Å²) in [6, 6.07) is 6.85. The third kappa shape index (κ3) is 3.19. The van der Waals surface area contributed by atoms with Crippen LogP contribution in [-0.4, -0.2) is 17.1 Å². The van der Waals surface area contributed by atoms with Gasteiger partial charge in [0.25, 0.3) is 5.91 Å². The summed E-state index contributed by atoms with van der Waals surface area (Å²) in [6.07, 6.45) is 3.93. The fourth-order valence-electron chi connectivity index (χ4n) is 1.34. The molecule has 0 radical (unpaired) electrons. The predicted molar refractivity (Wildman–Crippen MR) is 65.7 cm³/mol. The molecule has 96 valence electrons. The van der Waals surface area contributed by atoms with Crippen molar-refractivity contribution in [1.82, 2.24) is 10.4 Å². The Morgan fingerprint density at radius 2 is 2.11 bits per heavy atom. The number of aromatic nitrogens is 1. The van der Waals surface area contributed by atoms with Gasteiger partial charge in [0.05, 0.1) is 11.8 Å². The van der Waals surface area contributed by atoms with Crippen molar-refractivity contribution in [1.29, 1.82) is 0 Å². The number of carbonyl (C=O) groups excluding carboxylic acids is 1. The highest BCUT2D eigenvalue weighted by atomic mass is 19.2. The highest BCUT2D eigenvalue weighted by Crippen LogP contribution is 2.08. The number of pyridine rings is 1. The zero-order valence-corrected chi connectivity index (χ0v) is 9.68. The van der Waals surface area contributed by atoms with Crippen molar-refractivity contribution in [3.8, 4) is 0 Å². The first-order valence-electron chi connectivity index (χ1n) is 5.36. The number of nitrogens with one attached hydrogen (secondary N) is 1. The molecule has 0 aliphatic rings. The van der Waals surface area contributed by atoms with E-state index in [1.807, 2.05) is 0 Å². The van der Waals surface area contributed by atoms with E-state index in [0.29, 0.717) is 5.56 Å². The first-order chi connectivity index (χ1) is 9.18. The van der Waals surface area contributed by atoms with Crippen molar-refractivity contribution in [3.05, 3.63) is 65.5 Å². The molecule has 4 nitrogen and oxygen atoms in total. The van der Waals surface area contributed by atoms with Gasteiger partial charge in [-0.1, -0.05) is 12.1 Å². The first kappa shape index (κ1) is 12.8. The van der Waals surface area contributed by atoms with Crippen molar-refractivity contribution in [2.24, 2.45) is 5.10 Å². The minimum absolute atomic E-state index is 0.0495. The zero-order chi connectivity index (χ0) is 13.7. The number of benzene rings is 1. The lowest BCUT2D eigenvalue weighted by molar-refractivity contribution is 0.0955. The van der Waals surface area contributed by atoms with Gasteiger partial charge < -0.3 is 0 Å². The maximum atomic E-state index is 13.3. The Morgan fingerprint density at radius 1 is 1.26 bits per heavy atom. The third-order valence-electron chi connectivity index (χ3n) is 2.27. The van der Waals surface area contributed by atoms with Crippen LogP contribution in [-0.2, 0) is 0 Å². The fourth-order valence-corrected chi connectivity index (χ4v) is 1.34. The quantitative estimate of drug-likeness (QED) is 0.679. The second-order valence-electron chi connectivity index (χ2n) is 3.58. The monoisotopic (exact) mass is 261 g/mol. The molecule has 0 saturated heterocycles. The molecule has 0 aliphatic carbocycles. The summed E-state index contributed by atoms with van der Waals surface area (Å²) in [5, 5.41) is 3.56. The summed E-state index contributed by atoms with van der Waals surface area (Å²) in [6.45, 7) is 0. The molecule has 0 aliphatic heterocycles. The molecule has 0 unspecified atom stereocenters. The average Bonchev–Trinajstić information content (AvgIpc) is 2.44. The third-order valence-corrected chi connectivity index (χ3v) is 2.27. The number of hydrogen-bond donors (Lipinski definition) is 1. The molecule has 1 heterocycles. The Bertz CT molecular complexity index is 615. The smallest absolute Gasteiger partial charge is 0.267 e. The topological polar surface area (TPSA) is 54.4 Å². The van der Waals surface area contributed by atoms with Crippen LogP contribution in [0.1, 0.15) is 15.9 Å². The molecule has 0 spiro atoms. The lowest BCUT2D eigenvalue weighted by atomic mass is 10.2. The first-order valence-corrected chi connectivity index (χ1v) is 5.36. The molecule has 0 atom stereocenters. The van der Waals surface area contributed by atoms with E-state index >= 15 is 0 Å². The minimum atomic E-state index is -1.01. The van der Waals surface area contributed by atoms with E-state index in [2.05, 4.69) is 15.5 Å². The largest absolute Gasteiger partial charge is 0.272 e. The zero-order valence-electron chi connectivity index (χ0n) is 9.68. The van der Waals surface area contributed by atoms with Gasteiger partial charge in [-0.2, -0.15) is 5.10 Å². The fraction of sp³-hybridized carbons (Fsp3) is 0. The molecule has 1 N–H and O–H groups in total. The van der Waals surface area contributed by atoms with Crippen LogP contribution in [0.25, 0.3) is 0 Å². The molecule has 2 aromatic rings. The van der Waals surface area contributed by atoms with Crippen LogP contribution in [0, 0.1) is 11.6 Å². The van der Waals surface area contributed by atoms with Gasteiger partial charge in [0, 0.05) is 18.0 Å². The minimum Gasteiger partial charge on any atom is -0.267 e. The molecule has 6 heteroatoms. The van der Waals surface area contributed by atoms with Crippen molar-refractivity contribution in [2.45, 2.75) is 0 Å². The van der Waals surface area contributed by atoms with Crippen molar-refractivity contribution >= 4 is 12.1 Å². The van der Waals surface area contributed by atoms with Crippen molar-refractivity contribution in [2.75, 3.05) is 0 Å². The standard InChI is InChI=1S/C13H9F2N3O/c14-11-5-1-3-9(12(11)15)8-17-18-13(19)10-4-2-6-16-7-10/h1-8H,(H,18,19)/b17-8-. The molecule has 19 heavy (non-hydrogen) atoms. The van der Waals surface area contributed by atoms with Gasteiger partial charge in [0.1, 0.15) is 0 Å². The number of nitrogens with zero attached hydrogens (tertiary/aromatic N) is 2. The molecule has 0 fully saturated rings. The molecule has 2 rings (SSSR count). The summed E-state index contributed by atoms with van der Waals surface area (Å²) in [7, 11) is 0. The Kier molecular flexibility index (Phi) is 3.92. The molecular weight excluding hydrogens is 252 g/mol. The van der Waals surface area contributed by atoms with Gasteiger partial charge in [-0.15, -0.1) is 0 Å². The Morgan fingerprint density at radius 3 is 2.84 bits per heavy atom. The average molecular weight is 261 g/mol. The predicted octanol–water partition coefficient (Wildman–Crippen LogP) is 2.12. The maximum Gasteiger partial charge on any atom is 0.272 e. The van der Waals surface area contributed by atoms with Crippen LogP contribution in [0.4, 0.5) is 8.78 Å². The van der Waals surface area contributed by atoms with E-state index < -0.39 is 17.5 Å².